The van der Waals surface area contributed by atoms with Crippen LogP contribution in [0.4, 0.5) is 22.0 Å². The molecule has 2 aromatic rings. The van der Waals surface area contributed by atoms with E-state index < -0.39 is 38.8 Å². The van der Waals surface area contributed by atoms with E-state index >= 15 is 0 Å². The number of rotatable bonds is 0. The predicted octanol–water partition coefficient (Wildman–Crippen LogP) is 4.00. The number of alkyl halides is 3. The molecule has 0 radical (unpaired) electrons. The Bertz CT molecular complexity index is 701. The first-order valence-electron chi connectivity index (χ1n) is 5.61. The first kappa shape index (κ1) is 14.5. The molecule has 1 nitrogen and oxygen atoms in total. The van der Waals surface area contributed by atoms with Gasteiger partial charge in [0, 0.05) is 0 Å². The summed E-state index contributed by atoms with van der Waals surface area (Å²) in [6, 6.07) is 5.40. The molecule has 110 valence electrons. The van der Waals surface area contributed by atoms with Crippen molar-refractivity contribution in [1.82, 2.24) is 0 Å². The van der Waals surface area contributed by atoms with Crippen LogP contribution in [-0.2, 0) is 21.7 Å². The third kappa shape index (κ3) is 2.36. The van der Waals surface area contributed by atoms with Crippen molar-refractivity contribution in [3.63, 3.8) is 0 Å². The highest BCUT2D eigenvalue weighted by atomic mass is 32.2. The zero-order chi connectivity index (χ0) is 15.4. The van der Waals surface area contributed by atoms with Crippen molar-refractivity contribution in [3.05, 3.63) is 48.0 Å². The molecule has 0 N–H and O–H groups in total. The molecule has 3 rings (SSSR count). The molecule has 0 fully saturated rings. The Balaban J connectivity index is 2.34. The van der Waals surface area contributed by atoms with Crippen LogP contribution in [0.2, 0.25) is 0 Å². The summed E-state index contributed by atoms with van der Waals surface area (Å²) in [6.45, 7) is 0. The fourth-order valence-electron chi connectivity index (χ4n) is 2.08. The van der Waals surface area contributed by atoms with Gasteiger partial charge in [0.25, 0.3) is 0 Å². The fraction of sp³-hybridized carbons (Fsp3) is 0.0769. The molecule has 1 heterocycles. The van der Waals surface area contributed by atoms with E-state index in [1.165, 1.54) is 0 Å². The number of hydrogen-bond donors (Lipinski definition) is 0. The van der Waals surface area contributed by atoms with Crippen molar-refractivity contribution in [3.8, 4) is 0 Å². The summed E-state index contributed by atoms with van der Waals surface area (Å²) in [5, 5.41) is 0. The van der Waals surface area contributed by atoms with Crippen LogP contribution in [-0.4, -0.2) is 9.72 Å². The van der Waals surface area contributed by atoms with Gasteiger partial charge in [-0.15, -0.1) is 13.2 Å². The Kier molecular flexibility index (Phi) is 3.32. The molecule has 0 spiro atoms. The highest BCUT2D eigenvalue weighted by Crippen LogP contribution is 2.47. The monoisotopic (exact) mass is 337 g/mol. The molecule has 2 aromatic carbocycles. The highest BCUT2D eigenvalue weighted by molar-refractivity contribution is 8.00. The third-order valence-corrected chi connectivity index (χ3v) is 6.67. The van der Waals surface area contributed by atoms with E-state index in [0.717, 1.165) is 36.4 Å². The Morgan fingerprint density at radius 3 is 1.67 bits per heavy atom. The summed E-state index contributed by atoms with van der Waals surface area (Å²) >= 11 is 0. The van der Waals surface area contributed by atoms with Crippen LogP contribution >= 0.6 is 0 Å². The molecule has 0 saturated carbocycles. The first-order valence-corrected chi connectivity index (χ1v) is 7.98. The standard InChI is InChI=1S/C13H6F5OS2/c14-7-1-3-9-11(5-7)21(19)12-6-8(15)2-4-10(12)20(9)13(16,17)18/h1-6H/q+1. The average molecular weight is 337 g/mol. The van der Waals surface area contributed by atoms with E-state index in [1.54, 1.807) is 0 Å². The van der Waals surface area contributed by atoms with Gasteiger partial charge < -0.3 is 0 Å². The molecule has 0 atom stereocenters. The third-order valence-electron chi connectivity index (χ3n) is 2.88. The summed E-state index contributed by atoms with van der Waals surface area (Å²) in [4.78, 5) is -0.981. The Hall–Kier alpha value is -1.41. The van der Waals surface area contributed by atoms with Crippen LogP contribution in [0.3, 0.4) is 0 Å². The maximum atomic E-state index is 13.4. The minimum absolute atomic E-state index is 0.235. The fourth-order valence-corrected chi connectivity index (χ4v) is 5.87. The molecule has 21 heavy (non-hydrogen) atoms. The molecule has 1 aliphatic heterocycles. The van der Waals surface area contributed by atoms with Crippen LogP contribution < -0.4 is 0 Å². The van der Waals surface area contributed by atoms with Crippen LogP contribution in [0, 0.1) is 11.6 Å². The zero-order valence-electron chi connectivity index (χ0n) is 10.1. The lowest BCUT2D eigenvalue weighted by Gasteiger charge is -2.19. The second-order valence-corrected chi connectivity index (χ2v) is 7.57. The number of fused-ring (bicyclic) bond motifs is 2. The topological polar surface area (TPSA) is 17.1 Å². The lowest BCUT2D eigenvalue weighted by molar-refractivity contribution is -0.0373. The van der Waals surface area contributed by atoms with Gasteiger partial charge in [-0.1, -0.05) is 0 Å². The van der Waals surface area contributed by atoms with E-state index in [0.29, 0.717) is 0 Å². The average Bonchev–Trinajstić information content (AvgIpc) is 2.39. The van der Waals surface area contributed by atoms with Crippen molar-refractivity contribution < 1.29 is 26.2 Å². The molecule has 0 unspecified atom stereocenters. The molecular formula is C13H6F5OS2+. The van der Waals surface area contributed by atoms with Crippen LogP contribution in [0.5, 0.6) is 0 Å². The van der Waals surface area contributed by atoms with Gasteiger partial charge in [-0.05, 0) is 36.4 Å². The molecule has 0 amide bonds. The Morgan fingerprint density at radius 2 is 1.29 bits per heavy atom. The summed E-state index contributed by atoms with van der Waals surface area (Å²) in [5.74, 6) is -1.57. The maximum Gasteiger partial charge on any atom is 0.586 e. The van der Waals surface area contributed by atoms with Crippen molar-refractivity contribution in [2.45, 2.75) is 25.1 Å². The molecule has 1 aliphatic rings. The van der Waals surface area contributed by atoms with Gasteiger partial charge in [-0.3, -0.25) is 0 Å². The second kappa shape index (κ2) is 4.81. The van der Waals surface area contributed by atoms with E-state index in [9.17, 15) is 26.2 Å². The first-order chi connectivity index (χ1) is 9.79. The van der Waals surface area contributed by atoms with Gasteiger partial charge in [-0.2, -0.15) is 0 Å². The van der Waals surface area contributed by atoms with E-state index in [4.69, 9.17) is 0 Å². The summed E-state index contributed by atoms with van der Waals surface area (Å²) < 4.78 is 78.9. The summed E-state index contributed by atoms with van der Waals surface area (Å²) in [6.07, 6.45) is 0. The van der Waals surface area contributed by atoms with Gasteiger partial charge in [0.05, 0.1) is 10.8 Å². The van der Waals surface area contributed by atoms with Crippen molar-refractivity contribution in [1.29, 1.82) is 0 Å². The van der Waals surface area contributed by atoms with Crippen molar-refractivity contribution in [2.24, 2.45) is 0 Å². The van der Waals surface area contributed by atoms with Gasteiger partial charge in [-0.25, -0.2) is 13.0 Å². The van der Waals surface area contributed by atoms with Crippen LogP contribution in [0.25, 0.3) is 0 Å². The summed E-state index contributed by atoms with van der Waals surface area (Å²) in [7, 11) is -4.41. The lowest BCUT2D eigenvalue weighted by Crippen LogP contribution is -2.29. The molecule has 0 aromatic heterocycles. The Labute approximate surface area is 121 Å². The number of halogens is 5. The molecule has 0 saturated heterocycles. The maximum absolute atomic E-state index is 13.4. The van der Waals surface area contributed by atoms with Crippen LogP contribution in [0.15, 0.2) is 56.0 Å². The second-order valence-electron chi connectivity index (χ2n) is 4.20. The van der Waals surface area contributed by atoms with E-state index in [2.05, 4.69) is 0 Å². The minimum atomic E-state index is -4.62. The number of benzene rings is 2. The normalized spacial score (nSPS) is 20.8. The summed E-state index contributed by atoms with van der Waals surface area (Å²) in [5.41, 5.74) is -4.62. The molecule has 0 aliphatic carbocycles. The van der Waals surface area contributed by atoms with Crippen molar-refractivity contribution >= 4 is 21.7 Å². The van der Waals surface area contributed by atoms with Gasteiger partial charge in [0.1, 0.15) is 21.4 Å². The molecule has 0 bridgehead atoms. The van der Waals surface area contributed by atoms with E-state index in [1.807, 2.05) is 0 Å². The van der Waals surface area contributed by atoms with Crippen LogP contribution in [0.1, 0.15) is 0 Å². The quantitative estimate of drug-likeness (QED) is 0.525. The van der Waals surface area contributed by atoms with Crippen molar-refractivity contribution in [2.75, 3.05) is 0 Å². The van der Waals surface area contributed by atoms with E-state index in [-0.39, 0.29) is 19.6 Å². The SMILES string of the molecule is O=S1c2cc(F)ccc2[S+](C(F)(F)F)c2ccc(F)cc21. The Morgan fingerprint density at radius 1 is 0.857 bits per heavy atom. The predicted molar refractivity (Wildman–Crippen MR) is 67.4 cm³/mol. The largest absolute Gasteiger partial charge is 0.586 e. The smallest absolute Gasteiger partial charge is 0.249 e. The highest BCUT2D eigenvalue weighted by Gasteiger charge is 2.59. The van der Waals surface area contributed by atoms with Gasteiger partial charge in [0.15, 0.2) is 20.7 Å². The molecule has 8 heteroatoms. The number of hydrogen-bond acceptors (Lipinski definition) is 1. The zero-order valence-corrected chi connectivity index (χ0v) is 11.7. The van der Waals surface area contributed by atoms with Gasteiger partial charge in [0.2, 0.25) is 0 Å². The van der Waals surface area contributed by atoms with Gasteiger partial charge >= 0.3 is 5.51 Å². The lowest BCUT2D eigenvalue weighted by atomic mass is 10.3. The molecular weight excluding hydrogens is 331 g/mol. The minimum Gasteiger partial charge on any atom is -0.249 e.